The first-order valence-electron chi connectivity index (χ1n) is 11.8. The maximum absolute atomic E-state index is 13.2. The Balaban J connectivity index is 1.61. The Morgan fingerprint density at radius 2 is 1.74 bits per heavy atom. The molecule has 3 aromatic carbocycles. The van der Waals surface area contributed by atoms with E-state index in [1.54, 1.807) is 54.2 Å². The van der Waals surface area contributed by atoms with Crippen molar-refractivity contribution in [2.24, 2.45) is 0 Å². The van der Waals surface area contributed by atoms with Crippen molar-refractivity contribution in [2.75, 3.05) is 32.6 Å². The van der Waals surface area contributed by atoms with Crippen molar-refractivity contribution in [3.8, 4) is 28.4 Å². The highest BCUT2D eigenvalue weighted by molar-refractivity contribution is 6.30. The van der Waals surface area contributed by atoms with Crippen molar-refractivity contribution in [3.63, 3.8) is 0 Å². The van der Waals surface area contributed by atoms with Gasteiger partial charge in [0.1, 0.15) is 18.0 Å². The molecule has 1 aromatic heterocycles. The van der Waals surface area contributed by atoms with Gasteiger partial charge in [0.25, 0.3) is 5.91 Å². The highest BCUT2D eigenvalue weighted by atomic mass is 35.5. The Labute approximate surface area is 226 Å². The second-order valence-corrected chi connectivity index (χ2v) is 8.72. The molecule has 1 N–H and O–H groups in total. The number of amides is 2. The van der Waals surface area contributed by atoms with Gasteiger partial charge in [-0.15, -0.1) is 6.58 Å². The summed E-state index contributed by atoms with van der Waals surface area (Å²) in [5.41, 5.74) is 2.65. The molecule has 1 heterocycles. The van der Waals surface area contributed by atoms with Gasteiger partial charge in [0.15, 0.2) is 0 Å². The van der Waals surface area contributed by atoms with Crippen molar-refractivity contribution in [3.05, 3.63) is 102 Å². The van der Waals surface area contributed by atoms with E-state index in [0.717, 1.165) is 11.3 Å². The summed E-state index contributed by atoms with van der Waals surface area (Å²) in [6.07, 6.45) is 3.39. The van der Waals surface area contributed by atoms with E-state index in [0.29, 0.717) is 33.7 Å². The number of anilines is 1. The lowest BCUT2D eigenvalue weighted by Gasteiger charge is -2.21. The lowest BCUT2D eigenvalue weighted by atomic mass is 10.2. The standard InChI is InChI=1S/C29H27ClN4O4/c1-4-16-33(28(36)21-6-5-7-25(17-21)38-3)19-27(35)32-29-31-26(20-8-10-22(30)11-9-20)18-34(29)23-12-14-24(37-2)15-13-23/h4-15,17-18H,1,16,19H2,2-3H3,(H,31,32,35). The summed E-state index contributed by atoms with van der Waals surface area (Å²) in [6.45, 7) is 3.71. The zero-order valence-electron chi connectivity index (χ0n) is 21.1. The van der Waals surface area contributed by atoms with Gasteiger partial charge in [0.05, 0.1) is 19.9 Å². The van der Waals surface area contributed by atoms with Gasteiger partial charge in [-0.25, -0.2) is 4.98 Å². The molecule has 0 saturated heterocycles. The number of aromatic nitrogens is 2. The second kappa shape index (κ2) is 12.1. The number of carbonyl (C=O) groups is 2. The summed E-state index contributed by atoms with van der Waals surface area (Å²) >= 11 is 6.05. The van der Waals surface area contributed by atoms with E-state index < -0.39 is 5.91 Å². The molecule has 0 atom stereocenters. The Morgan fingerprint density at radius 3 is 2.39 bits per heavy atom. The smallest absolute Gasteiger partial charge is 0.254 e. The fourth-order valence-corrected chi connectivity index (χ4v) is 3.95. The zero-order chi connectivity index (χ0) is 27.1. The summed E-state index contributed by atoms with van der Waals surface area (Å²) in [5, 5.41) is 3.47. The fraction of sp³-hybridized carbons (Fsp3) is 0.138. The van der Waals surface area contributed by atoms with E-state index in [-0.39, 0.29) is 19.0 Å². The number of benzene rings is 3. The average Bonchev–Trinajstić information content (AvgIpc) is 3.36. The van der Waals surface area contributed by atoms with Crippen LogP contribution < -0.4 is 14.8 Å². The molecule has 4 aromatic rings. The van der Waals surface area contributed by atoms with Crippen LogP contribution in [0.5, 0.6) is 11.5 Å². The molecule has 0 aliphatic heterocycles. The predicted molar refractivity (Wildman–Crippen MR) is 148 cm³/mol. The first-order chi connectivity index (χ1) is 18.4. The van der Waals surface area contributed by atoms with Crippen molar-refractivity contribution in [1.82, 2.24) is 14.5 Å². The number of methoxy groups -OCH3 is 2. The van der Waals surface area contributed by atoms with Crippen LogP contribution in [0.4, 0.5) is 5.95 Å². The maximum atomic E-state index is 13.2. The van der Waals surface area contributed by atoms with Crippen LogP contribution in [0, 0.1) is 0 Å². The molecule has 0 unspecified atom stereocenters. The van der Waals surface area contributed by atoms with Crippen LogP contribution in [-0.4, -0.2) is 53.6 Å². The monoisotopic (exact) mass is 530 g/mol. The van der Waals surface area contributed by atoms with Crippen LogP contribution in [0.3, 0.4) is 0 Å². The van der Waals surface area contributed by atoms with Gasteiger partial charge in [0, 0.05) is 34.6 Å². The van der Waals surface area contributed by atoms with Crippen LogP contribution in [0.15, 0.2) is 91.6 Å². The predicted octanol–water partition coefficient (Wildman–Crippen LogP) is 5.48. The number of halogens is 1. The lowest BCUT2D eigenvalue weighted by molar-refractivity contribution is -0.116. The van der Waals surface area contributed by atoms with E-state index in [2.05, 4.69) is 16.9 Å². The van der Waals surface area contributed by atoms with Gasteiger partial charge in [-0.05, 0) is 54.6 Å². The van der Waals surface area contributed by atoms with Crippen LogP contribution >= 0.6 is 11.6 Å². The number of carbonyl (C=O) groups excluding carboxylic acids is 2. The first kappa shape index (κ1) is 26.5. The van der Waals surface area contributed by atoms with E-state index in [9.17, 15) is 9.59 Å². The summed E-state index contributed by atoms with van der Waals surface area (Å²) in [5.74, 6) is 0.825. The molecule has 194 valence electrons. The molecule has 0 aliphatic carbocycles. The Kier molecular flexibility index (Phi) is 8.45. The second-order valence-electron chi connectivity index (χ2n) is 8.28. The third-order valence-corrected chi connectivity index (χ3v) is 5.99. The molecule has 0 spiro atoms. The first-order valence-corrected chi connectivity index (χ1v) is 12.1. The quantitative estimate of drug-likeness (QED) is 0.274. The Bertz CT molecular complexity index is 1430. The Morgan fingerprint density at radius 1 is 1.03 bits per heavy atom. The largest absolute Gasteiger partial charge is 0.497 e. The number of rotatable bonds is 10. The van der Waals surface area contributed by atoms with E-state index in [1.165, 1.54) is 12.0 Å². The number of ether oxygens (including phenoxy) is 2. The summed E-state index contributed by atoms with van der Waals surface area (Å²) < 4.78 is 12.3. The summed E-state index contributed by atoms with van der Waals surface area (Å²) in [6, 6.07) is 21.4. The lowest BCUT2D eigenvalue weighted by Crippen LogP contribution is -2.38. The number of nitrogens with one attached hydrogen (secondary N) is 1. The molecule has 8 nitrogen and oxygen atoms in total. The van der Waals surface area contributed by atoms with Gasteiger partial charge in [0.2, 0.25) is 11.9 Å². The normalized spacial score (nSPS) is 10.5. The highest BCUT2D eigenvalue weighted by Gasteiger charge is 2.20. The molecule has 38 heavy (non-hydrogen) atoms. The van der Waals surface area contributed by atoms with Gasteiger partial charge >= 0.3 is 0 Å². The van der Waals surface area contributed by atoms with Crippen molar-refractivity contribution >= 4 is 29.4 Å². The minimum Gasteiger partial charge on any atom is -0.497 e. The van der Waals surface area contributed by atoms with E-state index >= 15 is 0 Å². The van der Waals surface area contributed by atoms with E-state index in [1.807, 2.05) is 42.6 Å². The van der Waals surface area contributed by atoms with Gasteiger partial charge < -0.3 is 14.4 Å². The maximum Gasteiger partial charge on any atom is 0.254 e. The number of nitrogens with zero attached hydrogens (tertiary/aromatic N) is 3. The van der Waals surface area contributed by atoms with Crippen LogP contribution in [0.2, 0.25) is 5.02 Å². The molecular formula is C29H27ClN4O4. The minimum atomic E-state index is -0.411. The van der Waals surface area contributed by atoms with Crippen LogP contribution in [0.25, 0.3) is 16.9 Å². The van der Waals surface area contributed by atoms with Crippen LogP contribution in [-0.2, 0) is 4.79 Å². The fourth-order valence-electron chi connectivity index (χ4n) is 3.82. The molecule has 0 saturated carbocycles. The van der Waals surface area contributed by atoms with Crippen molar-refractivity contribution in [2.45, 2.75) is 0 Å². The van der Waals surface area contributed by atoms with Crippen molar-refractivity contribution < 1.29 is 19.1 Å². The van der Waals surface area contributed by atoms with E-state index in [4.69, 9.17) is 21.1 Å². The molecule has 0 radical (unpaired) electrons. The third-order valence-electron chi connectivity index (χ3n) is 5.74. The summed E-state index contributed by atoms with van der Waals surface area (Å²) in [7, 11) is 3.13. The Hall–Kier alpha value is -4.56. The topological polar surface area (TPSA) is 85.7 Å². The molecule has 9 heteroatoms. The SMILES string of the molecule is C=CCN(CC(=O)Nc1nc(-c2ccc(Cl)cc2)cn1-c1ccc(OC)cc1)C(=O)c1cccc(OC)c1. The zero-order valence-corrected chi connectivity index (χ0v) is 21.8. The highest BCUT2D eigenvalue weighted by Crippen LogP contribution is 2.26. The van der Waals surface area contributed by atoms with Gasteiger partial charge in [-0.3, -0.25) is 19.5 Å². The van der Waals surface area contributed by atoms with Gasteiger partial charge in [-0.2, -0.15) is 0 Å². The summed E-state index contributed by atoms with van der Waals surface area (Å²) in [4.78, 5) is 32.4. The van der Waals surface area contributed by atoms with Crippen molar-refractivity contribution in [1.29, 1.82) is 0 Å². The van der Waals surface area contributed by atoms with Gasteiger partial charge in [-0.1, -0.05) is 35.9 Å². The molecule has 0 bridgehead atoms. The minimum absolute atomic E-state index is 0.187. The molecule has 4 rings (SSSR count). The molecule has 0 fully saturated rings. The third kappa shape index (κ3) is 6.22. The molecular weight excluding hydrogens is 504 g/mol. The molecule has 0 aliphatic rings. The molecule has 2 amide bonds. The van der Waals surface area contributed by atoms with Crippen LogP contribution in [0.1, 0.15) is 10.4 Å². The number of hydrogen-bond donors (Lipinski definition) is 1. The number of hydrogen-bond acceptors (Lipinski definition) is 5. The number of imidazole rings is 1. The average molecular weight is 531 g/mol.